The fourth-order valence-electron chi connectivity index (χ4n) is 3.76. The highest BCUT2D eigenvalue weighted by Crippen LogP contribution is 2.32. The standard InChI is InChI=1S/C22H22FN7O/c1-31-20-12-15(29-10-7-24-8-11-29)5-6-18(20)27-22-25-14-17(23)21(28-22)16-13-26-30-9-3-2-4-19(16)30/h2-6,9,12-14,24H,7-8,10-11H2,1H3,(H,25,27,28). The summed E-state index contributed by atoms with van der Waals surface area (Å²) in [5, 5.41) is 10.8. The Morgan fingerprint density at radius 3 is 2.84 bits per heavy atom. The van der Waals surface area contributed by atoms with Crippen molar-refractivity contribution >= 4 is 22.8 Å². The van der Waals surface area contributed by atoms with Crippen molar-refractivity contribution in [1.29, 1.82) is 0 Å². The van der Waals surface area contributed by atoms with Crippen molar-refractivity contribution in [1.82, 2.24) is 24.9 Å². The quantitative estimate of drug-likeness (QED) is 0.515. The first-order valence-corrected chi connectivity index (χ1v) is 10.1. The second kappa shape index (κ2) is 8.19. The van der Waals surface area contributed by atoms with Crippen LogP contribution in [-0.2, 0) is 0 Å². The Morgan fingerprint density at radius 1 is 1.13 bits per heavy atom. The zero-order valence-corrected chi connectivity index (χ0v) is 17.0. The fraction of sp³-hybridized carbons (Fsp3) is 0.227. The van der Waals surface area contributed by atoms with Crippen LogP contribution in [0.3, 0.4) is 0 Å². The number of aromatic nitrogens is 4. The maximum atomic E-state index is 14.6. The largest absolute Gasteiger partial charge is 0.494 e. The van der Waals surface area contributed by atoms with Gasteiger partial charge >= 0.3 is 0 Å². The number of halogens is 1. The Bertz CT molecular complexity index is 1220. The lowest BCUT2D eigenvalue weighted by Crippen LogP contribution is -2.43. The molecule has 4 aromatic rings. The number of piperazine rings is 1. The maximum absolute atomic E-state index is 14.6. The molecular formula is C22H22FN7O. The van der Waals surface area contributed by atoms with E-state index in [2.05, 4.69) is 30.6 Å². The molecule has 4 heterocycles. The van der Waals surface area contributed by atoms with Crippen LogP contribution in [0.15, 0.2) is 55.0 Å². The topological polar surface area (TPSA) is 79.6 Å². The molecule has 1 aromatic carbocycles. The predicted molar refractivity (Wildman–Crippen MR) is 118 cm³/mol. The molecular weight excluding hydrogens is 397 g/mol. The van der Waals surface area contributed by atoms with E-state index in [1.165, 1.54) is 6.20 Å². The number of nitrogens with zero attached hydrogens (tertiary/aromatic N) is 5. The first kappa shape index (κ1) is 19.3. The smallest absolute Gasteiger partial charge is 0.228 e. The molecule has 8 nitrogen and oxygen atoms in total. The van der Waals surface area contributed by atoms with Crippen molar-refractivity contribution in [3.63, 3.8) is 0 Å². The van der Waals surface area contributed by atoms with Gasteiger partial charge in [-0.25, -0.2) is 18.9 Å². The normalized spacial score (nSPS) is 14.1. The van der Waals surface area contributed by atoms with Gasteiger partial charge in [-0.2, -0.15) is 5.10 Å². The molecule has 0 aliphatic carbocycles. The molecule has 1 aliphatic heterocycles. The summed E-state index contributed by atoms with van der Waals surface area (Å²) in [7, 11) is 1.62. The second-order valence-electron chi connectivity index (χ2n) is 7.23. The van der Waals surface area contributed by atoms with Gasteiger partial charge < -0.3 is 20.3 Å². The number of hydrogen-bond donors (Lipinski definition) is 2. The summed E-state index contributed by atoms with van der Waals surface area (Å²) in [6.45, 7) is 3.80. The lowest BCUT2D eigenvalue weighted by atomic mass is 10.2. The summed E-state index contributed by atoms with van der Waals surface area (Å²) in [5.41, 5.74) is 3.36. The molecule has 1 fully saturated rings. The summed E-state index contributed by atoms with van der Waals surface area (Å²) >= 11 is 0. The average Bonchev–Trinajstić information content (AvgIpc) is 3.25. The zero-order chi connectivity index (χ0) is 21.2. The lowest BCUT2D eigenvalue weighted by Gasteiger charge is -2.30. The Balaban J connectivity index is 1.46. The number of hydrogen-bond acceptors (Lipinski definition) is 7. The van der Waals surface area contributed by atoms with Gasteiger partial charge in [-0.05, 0) is 24.3 Å². The minimum atomic E-state index is -0.509. The highest BCUT2D eigenvalue weighted by molar-refractivity contribution is 5.78. The molecule has 158 valence electrons. The Morgan fingerprint density at radius 2 is 2.00 bits per heavy atom. The van der Waals surface area contributed by atoms with Gasteiger partial charge in [0.1, 0.15) is 11.4 Å². The molecule has 2 N–H and O–H groups in total. The first-order valence-electron chi connectivity index (χ1n) is 10.1. The molecule has 0 spiro atoms. The van der Waals surface area contributed by atoms with Gasteiger partial charge in [-0.3, -0.25) is 0 Å². The average molecular weight is 419 g/mol. The molecule has 3 aromatic heterocycles. The number of pyridine rings is 1. The number of ether oxygens (including phenoxy) is 1. The van der Waals surface area contributed by atoms with E-state index in [-0.39, 0.29) is 11.6 Å². The Hall–Kier alpha value is -3.72. The van der Waals surface area contributed by atoms with Crippen LogP contribution in [0.4, 0.5) is 21.7 Å². The lowest BCUT2D eigenvalue weighted by molar-refractivity contribution is 0.416. The summed E-state index contributed by atoms with van der Waals surface area (Å²) in [5.74, 6) is 0.437. The van der Waals surface area contributed by atoms with Gasteiger partial charge in [-0.1, -0.05) is 6.07 Å². The summed E-state index contributed by atoms with van der Waals surface area (Å²) in [6, 6.07) is 11.6. The predicted octanol–water partition coefficient (Wildman–Crippen LogP) is 3.09. The first-order chi connectivity index (χ1) is 15.2. The van der Waals surface area contributed by atoms with Crippen molar-refractivity contribution in [2.75, 3.05) is 43.5 Å². The summed E-state index contributed by atoms with van der Waals surface area (Å²) in [4.78, 5) is 10.8. The zero-order valence-electron chi connectivity index (χ0n) is 17.0. The van der Waals surface area contributed by atoms with Crippen molar-refractivity contribution in [3.8, 4) is 17.0 Å². The molecule has 0 bridgehead atoms. The highest BCUT2D eigenvalue weighted by atomic mass is 19.1. The van der Waals surface area contributed by atoms with Crippen LogP contribution in [0.25, 0.3) is 16.8 Å². The van der Waals surface area contributed by atoms with Crippen LogP contribution >= 0.6 is 0 Å². The molecule has 0 amide bonds. The van der Waals surface area contributed by atoms with Gasteiger partial charge in [-0.15, -0.1) is 0 Å². The molecule has 1 saturated heterocycles. The third-order valence-electron chi connectivity index (χ3n) is 5.34. The molecule has 5 rings (SSSR count). The van der Waals surface area contributed by atoms with Crippen LogP contribution in [0, 0.1) is 5.82 Å². The van der Waals surface area contributed by atoms with Crippen LogP contribution in [0.1, 0.15) is 0 Å². The Kier molecular flexibility index (Phi) is 5.09. The minimum absolute atomic E-state index is 0.190. The highest BCUT2D eigenvalue weighted by Gasteiger charge is 2.17. The van der Waals surface area contributed by atoms with Crippen molar-refractivity contribution in [2.24, 2.45) is 0 Å². The second-order valence-corrected chi connectivity index (χ2v) is 7.23. The Labute approximate surface area is 178 Å². The van der Waals surface area contributed by atoms with Gasteiger partial charge in [0.15, 0.2) is 5.82 Å². The fourth-order valence-corrected chi connectivity index (χ4v) is 3.76. The van der Waals surface area contributed by atoms with E-state index < -0.39 is 5.82 Å². The molecule has 9 heteroatoms. The number of rotatable bonds is 5. The van der Waals surface area contributed by atoms with Crippen molar-refractivity contribution in [3.05, 3.63) is 60.8 Å². The summed E-state index contributed by atoms with van der Waals surface area (Å²) < 4.78 is 21.8. The third kappa shape index (κ3) is 3.75. The van der Waals surface area contributed by atoms with Gasteiger partial charge in [0.05, 0.1) is 30.7 Å². The monoisotopic (exact) mass is 419 g/mol. The number of nitrogens with one attached hydrogen (secondary N) is 2. The van der Waals surface area contributed by atoms with Crippen molar-refractivity contribution in [2.45, 2.75) is 0 Å². The molecule has 0 atom stereocenters. The van der Waals surface area contributed by atoms with Crippen LogP contribution < -0.4 is 20.3 Å². The van der Waals surface area contributed by atoms with E-state index in [1.807, 2.05) is 42.6 Å². The number of benzene rings is 1. The minimum Gasteiger partial charge on any atom is -0.494 e. The van der Waals surface area contributed by atoms with Gasteiger partial charge in [0, 0.05) is 49.7 Å². The molecule has 0 radical (unpaired) electrons. The van der Waals surface area contributed by atoms with Crippen LogP contribution in [0.5, 0.6) is 5.75 Å². The maximum Gasteiger partial charge on any atom is 0.228 e. The molecule has 0 saturated carbocycles. The van der Waals surface area contributed by atoms with E-state index in [4.69, 9.17) is 4.74 Å². The van der Waals surface area contributed by atoms with Crippen LogP contribution in [0.2, 0.25) is 0 Å². The molecule has 0 unspecified atom stereocenters. The van der Waals surface area contributed by atoms with E-state index in [0.717, 1.165) is 37.4 Å². The van der Waals surface area contributed by atoms with Gasteiger partial charge in [0.2, 0.25) is 5.95 Å². The molecule has 1 aliphatic rings. The van der Waals surface area contributed by atoms with E-state index in [9.17, 15) is 4.39 Å². The van der Waals surface area contributed by atoms with Gasteiger partial charge in [0.25, 0.3) is 0 Å². The number of anilines is 3. The number of methoxy groups -OCH3 is 1. The molecule has 31 heavy (non-hydrogen) atoms. The van der Waals surface area contributed by atoms with E-state index in [1.54, 1.807) is 17.8 Å². The summed E-state index contributed by atoms with van der Waals surface area (Å²) in [6.07, 6.45) is 4.58. The SMILES string of the molecule is COc1cc(N2CCNCC2)ccc1Nc1ncc(F)c(-c2cnn3ccccc23)n1. The number of fused-ring (bicyclic) bond motifs is 1. The third-order valence-corrected chi connectivity index (χ3v) is 5.34. The van der Waals surface area contributed by atoms with Crippen LogP contribution in [-0.4, -0.2) is 52.9 Å². The van der Waals surface area contributed by atoms with Crippen molar-refractivity contribution < 1.29 is 9.13 Å². The van der Waals surface area contributed by atoms with E-state index in [0.29, 0.717) is 17.0 Å². The van der Waals surface area contributed by atoms with E-state index >= 15 is 0 Å².